The number of carboxylic acid groups (broad SMARTS) is 1. The SMILES string of the molecule is COc1cccc(CC(=O)N2CCN(C(=O)CC3(C(=O)O)CCC3)CC2)c1. The second kappa shape index (κ2) is 7.98. The molecule has 2 fully saturated rings. The summed E-state index contributed by atoms with van der Waals surface area (Å²) in [6.07, 6.45) is 2.39. The van der Waals surface area contributed by atoms with Gasteiger partial charge >= 0.3 is 5.97 Å². The average molecular weight is 374 g/mol. The van der Waals surface area contributed by atoms with E-state index in [2.05, 4.69) is 0 Å². The lowest BCUT2D eigenvalue weighted by atomic mass is 9.66. The van der Waals surface area contributed by atoms with Gasteiger partial charge in [0.1, 0.15) is 5.75 Å². The molecule has 1 saturated carbocycles. The number of piperazine rings is 1. The van der Waals surface area contributed by atoms with E-state index in [1.807, 2.05) is 24.3 Å². The smallest absolute Gasteiger partial charge is 0.310 e. The summed E-state index contributed by atoms with van der Waals surface area (Å²) in [5.41, 5.74) is 0.0300. The zero-order valence-corrected chi connectivity index (χ0v) is 15.6. The molecular formula is C20H26N2O5. The predicted octanol–water partition coefficient (Wildman–Crippen LogP) is 1.55. The Labute approximate surface area is 158 Å². The Morgan fingerprint density at radius 2 is 1.70 bits per heavy atom. The van der Waals surface area contributed by atoms with Gasteiger partial charge in [0.05, 0.1) is 18.9 Å². The minimum absolute atomic E-state index is 0.0244. The highest BCUT2D eigenvalue weighted by Gasteiger charge is 2.46. The molecule has 0 bridgehead atoms. The lowest BCUT2D eigenvalue weighted by Crippen LogP contribution is -2.52. The maximum Gasteiger partial charge on any atom is 0.310 e. The number of carbonyl (C=O) groups is 3. The normalized spacial score (nSPS) is 18.6. The fourth-order valence-electron chi connectivity index (χ4n) is 3.75. The molecule has 1 aliphatic carbocycles. The maximum atomic E-state index is 12.5. The third-order valence-electron chi connectivity index (χ3n) is 5.73. The number of rotatable bonds is 6. The number of methoxy groups -OCH3 is 1. The van der Waals surface area contributed by atoms with Crippen molar-refractivity contribution in [2.45, 2.75) is 32.1 Å². The highest BCUT2D eigenvalue weighted by Crippen LogP contribution is 2.44. The third kappa shape index (κ3) is 4.23. The number of aliphatic carboxylic acids is 1. The molecule has 7 nitrogen and oxygen atoms in total. The Morgan fingerprint density at radius 1 is 1.07 bits per heavy atom. The molecule has 0 atom stereocenters. The summed E-state index contributed by atoms with van der Waals surface area (Å²) in [5, 5.41) is 9.39. The molecule has 0 unspecified atom stereocenters. The molecule has 1 aromatic carbocycles. The zero-order valence-electron chi connectivity index (χ0n) is 15.6. The molecule has 2 amide bonds. The van der Waals surface area contributed by atoms with E-state index in [0.29, 0.717) is 45.4 Å². The third-order valence-corrected chi connectivity index (χ3v) is 5.73. The summed E-state index contributed by atoms with van der Waals surface area (Å²) in [7, 11) is 1.59. The van der Waals surface area contributed by atoms with Crippen molar-refractivity contribution < 1.29 is 24.2 Å². The van der Waals surface area contributed by atoms with Crippen LogP contribution in [-0.2, 0) is 20.8 Å². The highest BCUT2D eigenvalue weighted by atomic mass is 16.5. The molecule has 0 radical (unpaired) electrons. The van der Waals surface area contributed by atoms with Gasteiger partial charge in [0, 0.05) is 32.6 Å². The number of carboxylic acids is 1. The first-order valence-electron chi connectivity index (χ1n) is 9.35. The summed E-state index contributed by atoms with van der Waals surface area (Å²) < 4.78 is 5.18. The molecule has 3 rings (SSSR count). The van der Waals surface area contributed by atoms with Crippen molar-refractivity contribution in [2.24, 2.45) is 5.41 Å². The van der Waals surface area contributed by atoms with Crippen LogP contribution in [0.5, 0.6) is 5.75 Å². The Morgan fingerprint density at radius 3 is 2.22 bits per heavy atom. The molecule has 7 heteroatoms. The van der Waals surface area contributed by atoms with E-state index in [1.165, 1.54) is 0 Å². The van der Waals surface area contributed by atoms with E-state index in [1.54, 1.807) is 16.9 Å². The Hall–Kier alpha value is -2.57. The van der Waals surface area contributed by atoms with Gasteiger partial charge in [-0.15, -0.1) is 0 Å². The van der Waals surface area contributed by atoms with E-state index >= 15 is 0 Å². The molecule has 2 aliphatic rings. The second-order valence-electron chi connectivity index (χ2n) is 7.41. The van der Waals surface area contributed by atoms with Crippen LogP contribution in [0, 0.1) is 5.41 Å². The molecule has 1 saturated heterocycles. The van der Waals surface area contributed by atoms with Gasteiger partial charge in [0.25, 0.3) is 0 Å². The first-order chi connectivity index (χ1) is 12.9. The van der Waals surface area contributed by atoms with E-state index in [-0.39, 0.29) is 18.2 Å². The van der Waals surface area contributed by atoms with Crippen molar-refractivity contribution in [1.29, 1.82) is 0 Å². The molecule has 146 valence electrons. The van der Waals surface area contributed by atoms with E-state index < -0.39 is 11.4 Å². The van der Waals surface area contributed by atoms with Crippen molar-refractivity contribution in [3.8, 4) is 5.75 Å². The van der Waals surface area contributed by atoms with Crippen molar-refractivity contribution >= 4 is 17.8 Å². The summed E-state index contributed by atoms with van der Waals surface area (Å²) in [6.45, 7) is 1.87. The molecule has 27 heavy (non-hydrogen) atoms. The van der Waals surface area contributed by atoms with Crippen LogP contribution in [-0.4, -0.2) is 66.0 Å². The van der Waals surface area contributed by atoms with Gasteiger partial charge < -0.3 is 19.6 Å². The second-order valence-corrected chi connectivity index (χ2v) is 7.41. The fourth-order valence-corrected chi connectivity index (χ4v) is 3.75. The van der Waals surface area contributed by atoms with E-state index in [4.69, 9.17) is 4.74 Å². The van der Waals surface area contributed by atoms with Crippen LogP contribution in [0.2, 0.25) is 0 Å². The number of nitrogens with zero attached hydrogens (tertiary/aromatic N) is 2. The monoisotopic (exact) mass is 374 g/mol. The van der Waals surface area contributed by atoms with Crippen LogP contribution in [0.25, 0.3) is 0 Å². The predicted molar refractivity (Wildman–Crippen MR) is 98.4 cm³/mol. The molecule has 1 heterocycles. The van der Waals surface area contributed by atoms with E-state index in [0.717, 1.165) is 17.7 Å². The van der Waals surface area contributed by atoms with Crippen LogP contribution in [0.4, 0.5) is 0 Å². The molecule has 1 N–H and O–H groups in total. The minimum Gasteiger partial charge on any atom is -0.497 e. The Balaban J connectivity index is 1.50. The van der Waals surface area contributed by atoms with Crippen molar-refractivity contribution in [3.05, 3.63) is 29.8 Å². The number of amides is 2. The first kappa shape index (κ1) is 19.2. The van der Waals surface area contributed by atoms with Gasteiger partial charge in [-0.3, -0.25) is 14.4 Å². The zero-order chi connectivity index (χ0) is 19.4. The molecular weight excluding hydrogens is 348 g/mol. The molecule has 0 aromatic heterocycles. The summed E-state index contributed by atoms with van der Waals surface area (Å²) in [4.78, 5) is 39.9. The number of hydrogen-bond acceptors (Lipinski definition) is 4. The highest BCUT2D eigenvalue weighted by molar-refractivity contribution is 5.86. The summed E-state index contributed by atoms with van der Waals surface area (Å²) in [6, 6.07) is 7.44. The van der Waals surface area contributed by atoms with Gasteiger partial charge in [0.2, 0.25) is 11.8 Å². The van der Waals surface area contributed by atoms with E-state index in [9.17, 15) is 19.5 Å². The quantitative estimate of drug-likeness (QED) is 0.816. The number of benzene rings is 1. The largest absolute Gasteiger partial charge is 0.497 e. The van der Waals surface area contributed by atoms with Gasteiger partial charge in [0.15, 0.2) is 0 Å². The lowest BCUT2D eigenvalue weighted by molar-refractivity contribution is -0.160. The van der Waals surface area contributed by atoms with Crippen LogP contribution >= 0.6 is 0 Å². The number of hydrogen-bond donors (Lipinski definition) is 1. The Bertz CT molecular complexity index is 721. The summed E-state index contributed by atoms with van der Waals surface area (Å²) in [5.74, 6) is -0.235. The molecule has 1 aliphatic heterocycles. The van der Waals surface area contributed by atoms with Crippen LogP contribution < -0.4 is 4.74 Å². The van der Waals surface area contributed by atoms with Crippen LogP contribution in [0.1, 0.15) is 31.2 Å². The van der Waals surface area contributed by atoms with Crippen molar-refractivity contribution in [1.82, 2.24) is 9.80 Å². The van der Waals surface area contributed by atoms with Gasteiger partial charge in [-0.05, 0) is 30.5 Å². The maximum absolute atomic E-state index is 12.5. The molecule has 1 aromatic rings. The van der Waals surface area contributed by atoms with Gasteiger partial charge in [-0.25, -0.2) is 0 Å². The Kier molecular flexibility index (Phi) is 5.68. The van der Waals surface area contributed by atoms with Crippen LogP contribution in [0.3, 0.4) is 0 Å². The summed E-state index contributed by atoms with van der Waals surface area (Å²) >= 11 is 0. The first-order valence-corrected chi connectivity index (χ1v) is 9.35. The van der Waals surface area contributed by atoms with Gasteiger partial charge in [-0.2, -0.15) is 0 Å². The number of ether oxygens (including phenoxy) is 1. The fraction of sp³-hybridized carbons (Fsp3) is 0.550. The van der Waals surface area contributed by atoms with Crippen molar-refractivity contribution in [2.75, 3.05) is 33.3 Å². The van der Waals surface area contributed by atoms with Crippen LogP contribution in [0.15, 0.2) is 24.3 Å². The topological polar surface area (TPSA) is 87.2 Å². The molecule has 0 spiro atoms. The van der Waals surface area contributed by atoms with Crippen molar-refractivity contribution in [3.63, 3.8) is 0 Å². The average Bonchev–Trinajstić information content (AvgIpc) is 2.64. The minimum atomic E-state index is -0.866. The number of carbonyl (C=O) groups excluding carboxylic acids is 2. The van der Waals surface area contributed by atoms with Gasteiger partial charge in [-0.1, -0.05) is 18.6 Å². The lowest BCUT2D eigenvalue weighted by Gasteiger charge is -2.40. The standard InChI is InChI=1S/C20H26N2O5/c1-27-16-5-2-4-15(12-16)13-17(23)21-8-10-22(11-9-21)18(24)14-20(19(25)26)6-3-7-20/h2,4-5,12H,3,6-11,13-14H2,1H3,(H,25,26).